The van der Waals surface area contributed by atoms with Gasteiger partial charge in [-0.2, -0.15) is 0 Å². The van der Waals surface area contributed by atoms with Gasteiger partial charge in [0, 0.05) is 19.4 Å². The number of hydrogen-bond acceptors (Lipinski definition) is 5. The van der Waals surface area contributed by atoms with Gasteiger partial charge in [0.05, 0.1) is 13.0 Å². The molecule has 0 saturated carbocycles. The van der Waals surface area contributed by atoms with E-state index in [2.05, 4.69) is 4.74 Å². The number of amides is 1. The third-order valence-corrected chi connectivity index (χ3v) is 3.22. The van der Waals surface area contributed by atoms with Crippen LogP contribution in [0, 0.1) is 5.92 Å². The first-order chi connectivity index (χ1) is 9.36. The topological polar surface area (TPSA) is 121 Å². The van der Waals surface area contributed by atoms with Crippen molar-refractivity contribution in [3.63, 3.8) is 0 Å². The minimum absolute atomic E-state index is 0.00442. The summed E-state index contributed by atoms with van der Waals surface area (Å²) in [6.07, 6.45) is -0.0398. The van der Waals surface area contributed by atoms with Crippen LogP contribution in [-0.2, 0) is 23.9 Å². The number of carboxylic acids is 2. The maximum Gasteiger partial charge on any atom is 0.326 e. The summed E-state index contributed by atoms with van der Waals surface area (Å²) in [4.78, 5) is 45.9. The van der Waals surface area contributed by atoms with Crippen molar-refractivity contribution in [2.45, 2.75) is 31.7 Å². The minimum Gasteiger partial charge on any atom is -0.481 e. The van der Waals surface area contributed by atoms with Gasteiger partial charge in [-0.05, 0) is 12.8 Å². The van der Waals surface area contributed by atoms with Crippen molar-refractivity contribution in [3.05, 3.63) is 0 Å². The van der Waals surface area contributed by atoms with Crippen LogP contribution in [0.4, 0.5) is 0 Å². The predicted molar refractivity (Wildman–Crippen MR) is 64.7 cm³/mol. The van der Waals surface area contributed by atoms with E-state index in [0.717, 1.165) is 4.90 Å². The van der Waals surface area contributed by atoms with Crippen molar-refractivity contribution in [1.29, 1.82) is 0 Å². The van der Waals surface area contributed by atoms with Crippen LogP contribution in [0.15, 0.2) is 0 Å². The van der Waals surface area contributed by atoms with Crippen molar-refractivity contribution < 1.29 is 34.1 Å². The van der Waals surface area contributed by atoms with Crippen molar-refractivity contribution in [1.82, 2.24) is 4.90 Å². The summed E-state index contributed by atoms with van der Waals surface area (Å²) in [6.45, 7) is -0.00442. The lowest BCUT2D eigenvalue weighted by molar-refractivity contribution is -0.149. The molecule has 0 aromatic heterocycles. The van der Waals surface area contributed by atoms with E-state index in [0.29, 0.717) is 0 Å². The summed E-state index contributed by atoms with van der Waals surface area (Å²) in [6, 6.07) is -1.10. The van der Waals surface area contributed by atoms with Gasteiger partial charge in [0.25, 0.3) is 0 Å². The van der Waals surface area contributed by atoms with Gasteiger partial charge in [0.15, 0.2) is 0 Å². The number of carbonyl (C=O) groups is 4. The normalized spacial score (nSPS) is 19.8. The molecule has 1 heterocycles. The maximum atomic E-state index is 11.8. The Hall–Kier alpha value is -2.12. The van der Waals surface area contributed by atoms with Crippen LogP contribution in [-0.4, -0.2) is 58.6 Å². The highest BCUT2D eigenvalue weighted by Gasteiger charge is 2.40. The summed E-state index contributed by atoms with van der Waals surface area (Å²) >= 11 is 0. The Morgan fingerprint density at radius 3 is 2.55 bits per heavy atom. The van der Waals surface area contributed by atoms with E-state index in [1.165, 1.54) is 7.11 Å². The molecule has 20 heavy (non-hydrogen) atoms. The zero-order valence-electron chi connectivity index (χ0n) is 11.1. The number of nitrogens with zero attached hydrogens (tertiary/aromatic N) is 1. The molecule has 2 N–H and O–H groups in total. The Morgan fingerprint density at radius 1 is 1.40 bits per heavy atom. The van der Waals surface area contributed by atoms with E-state index in [4.69, 9.17) is 10.2 Å². The number of carbonyl (C=O) groups excluding carboxylic acids is 2. The van der Waals surface area contributed by atoms with Gasteiger partial charge in [0.2, 0.25) is 5.91 Å². The molecule has 8 nitrogen and oxygen atoms in total. The maximum absolute atomic E-state index is 11.8. The molecule has 1 saturated heterocycles. The van der Waals surface area contributed by atoms with E-state index in [-0.39, 0.29) is 32.2 Å². The number of likely N-dealkylation sites (tertiary alicyclic amines) is 1. The Labute approximate surface area is 115 Å². The molecular weight excluding hydrogens is 270 g/mol. The van der Waals surface area contributed by atoms with Crippen molar-refractivity contribution >= 4 is 23.8 Å². The molecule has 0 aromatic rings. The monoisotopic (exact) mass is 287 g/mol. The lowest BCUT2D eigenvalue weighted by atomic mass is 10.1. The Morgan fingerprint density at radius 2 is 2.05 bits per heavy atom. The Bertz CT molecular complexity index is 420. The van der Waals surface area contributed by atoms with Gasteiger partial charge in [-0.3, -0.25) is 14.4 Å². The van der Waals surface area contributed by atoms with E-state index >= 15 is 0 Å². The number of methoxy groups -OCH3 is 1. The first-order valence-corrected chi connectivity index (χ1v) is 6.18. The van der Waals surface area contributed by atoms with Gasteiger partial charge < -0.3 is 19.8 Å². The largest absolute Gasteiger partial charge is 0.481 e. The standard InChI is InChI=1S/C12H17NO7/c1-20-12(19)7-5-9(14)13(6-7)8(11(17)18)3-2-4-10(15)16/h7-8H,2-6H2,1H3,(H,15,16)(H,17,18). The third-order valence-electron chi connectivity index (χ3n) is 3.22. The molecule has 0 aliphatic carbocycles. The van der Waals surface area contributed by atoms with E-state index in [9.17, 15) is 19.2 Å². The lowest BCUT2D eigenvalue weighted by Gasteiger charge is -2.24. The van der Waals surface area contributed by atoms with E-state index < -0.39 is 35.8 Å². The molecule has 1 aliphatic rings. The van der Waals surface area contributed by atoms with Crippen LogP contribution in [0.2, 0.25) is 0 Å². The summed E-state index contributed by atoms with van der Waals surface area (Å²) in [5.41, 5.74) is 0. The summed E-state index contributed by atoms with van der Waals surface area (Å²) in [5, 5.41) is 17.7. The number of rotatable bonds is 7. The lowest BCUT2D eigenvalue weighted by Crippen LogP contribution is -2.42. The van der Waals surface area contributed by atoms with Crippen LogP contribution in [0.3, 0.4) is 0 Å². The second kappa shape index (κ2) is 6.88. The second-order valence-electron chi connectivity index (χ2n) is 4.61. The number of esters is 1. The van der Waals surface area contributed by atoms with E-state index in [1.807, 2.05) is 0 Å². The smallest absolute Gasteiger partial charge is 0.326 e. The first-order valence-electron chi connectivity index (χ1n) is 6.18. The molecular formula is C12H17NO7. The van der Waals surface area contributed by atoms with Crippen LogP contribution < -0.4 is 0 Å². The Kier molecular flexibility index (Phi) is 5.48. The number of aliphatic carboxylic acids is 2. The van der Waals surface area contributed by atoms with Crippen LogP contribution in [0.1, 0.15) is 25.7 Å². The molecule has 2 unspecified atom stereocenters. The zero-order valence-corrected chi connectivity index (χ0v) is 11.1. The van der Waals surface area contributed by atoms with Crippen molar-refractivity contribution in [2.75, 3.05) is 13.7 Å². The van der Waals surface area contributed by atoms with Crippen molar-refractivity contribution in [3.8, 4) is 0 Å². The molecule has 112 valence electrons. The van der Waals surface area contributed by atoms with Crippen LogP contribution in [0.25, 0.3) is 0 Å². The molecule has 1 aliphatic heterocycles. The minimum atomic E-state index is -1.20. The van der Waals surface area contributed by atoms with Crippen molar-refractivity contribution in [2.24, 2.45) is 5.92 Å². The number of hydrogen-bond donors (Lipinski definition) is 2. The van der Waals surface area contributed by atoms with Crippen LogP contribution >= 0.6 is 0 Å². The SMILES string of the molecule is COC(=O)C1CC(=O)N(C(CCCC(=O)O)C(=O)O)C1. The van der Waals surface area contributed by atoms with Gasteiger partial charge in [-0.1, -0.05) is 0 Å². The van der Waals surface area contributed by atoms with Gasteiger partial charge in [0.1, 0.15) is 6.04 Å². The predicted octanol–water partition coefficient (Wildman–Crippen LogP) is -0.284. The molecule has 0 spiro atoms. The molecule has 0 bridgehead atoms. The number of ether oxygens (including phenoxy) is 1. The average Bonchev–Trinajstić information content (AvgIpc) is 2.75. The van der Waals surface area contributed by atoms with Gasteiger partial charge in [-0.15, -0.1) is 0 Å². The molecule has 1 rings (SSSR count). The fourth-order valence-electron chi connectivity index (χ4n) is 2.22. The summed E-state index contributed by atoms with van der Waals surface area (Å²) in [7, 11) is 1.21. The summed E-state index contributed by atoms with van der Waals surface area (Å²) < 4.78 is 4.54. The molecule has 0 aromatic carbocycles. The first kappa shape index (κ1) is 15.9. The zero-order chi connectivity index (χ0) is 15.3. The Balaban J connectivity index is 2.67. The second-order valence-corrected chi connectivity index (χ2v) is 4.61. The molecule has 8 heteroatoms. The molecule has 2 atom stereocenters. The highest BCUT2D eigenvalue weighted by Crippen LogP contribution is 2.23. The van der Waals surface area contributed by atoms with E-state index in [1.54, 1.807) is 0 Å². The van der Waals surface area contributed by atoms with Gasteiger partial charge >= 0.3 is 17.9 Å². The quantitative estimate of drug-likeness (QED) is 0.617. The summed E-state index contributed by atoms with van der Waals surface area (Å²) in [5.74, 6) is -3.85. The average molecular weight is 287 g/mol. The number of carboxylic acid groups (broad SMARTS) is 2. The molecule has 1 amide bonds. The highest BCUT2D eigenvalue weighted by molar-refractivity contribution is 5.90. The van der Waals surface area contributed by atoms with Gasteiger partial charge in [-0.25, -0.2) is 4.79 Å². The molecule has 0 radical (unpaired) electrons. The fourth-order valence-corrected chi connectivity index (χ4v) is 2.22. The molecule has 1 fully saturated rings. The third kappa shape index (κ3) is 3.94. The highest BCUT2D eigenvalue weighted by atomic mass is 16.5. The fraction of sp³-hybridized carbons (Fsp3) is 0.667. The van der Waals surface area contributed by atoms with Crippen LogP contribution in [0.5, 0.6) is 0 Å².